The van der Waals surface area contributed by atoms with Gasteiger partial charge in [-0.05, 0) is 55.3 Å². The summed E-state index contributed by atoms with van der Waals surface area (Å²) in [4.78, 5) is 16.5. The summed E-state index contributed by atoms with van der Waals surface area (Å²) < 4.78 is 15.0. The summed E-state index contributed by atoms with van der Waals surface area (Å²) in [5.74, 6) is -0.522. The largest absolute Gasteiger partial charge is 0.324 e. The number of aromatic nitrogens is 2. The quantitative estimate of drug-likeness (QED) is 0.624. The predicted octanol–water partition coefficient (Wildman–Crippen LogP) is 5.01. The SMILES string of the molecule is Cc1cc(C)cc(-n2ccnc2SCC(=O)Nc2ccc(F)cc2Cl)c1. The summed E-state index contributed by atoms with van der Waals surface area (Å²) in [6.07, 6.45) is 3.57. The van der Waals surface area contributed by atoms with Gasteiger partial charge in [0.1, 0.15) is 5.82 Å². The summed E-state index contributed by atoms with van der Waals surface area (Å²) in [6.45, 7) is 4.08. The van der Waals surface area contributed by atoms with Gasteiger partial charge in [0, 0.05) is 18.1 Å². The minimum absolute atomic E-state index is 0.162. The first-order valence-electron chi connectivity index (χ1n) is 7.92. The molecule has 1 amide bonds. The highest BCUT2D eigenvalue weighted by Crippen LogP contribution is 2.25. The number of nitrogens with zero attached hydrogens (tertiary/aromatic N) is 2. The zero-order valence-corrected chi connectivity index (χ0v) is 15.9. The maximum absolute atomic E-state index is 13.1. The second kappa shape index (κ2) is 7.93. The van der Waals surface area contributed by atoms with Crippen molar-refractivity contribution < 1.29 is 9.18 Å². The molecule has 3 rings (SSSR count). The Morgan fingerprint density at radius 2 is 1.96 bits per heavy atom. The summed E-state index contributed by atoms with van der Waals surface area (Å²) in [6, 6.07) is 10.1. The number of carbonyl (C=O) groups excluding carboxylic acids is 1. The molecule has 0 spiro atoms. The van der Waals surface area contributed by atoms with E-state index in [0.717, 1.165) is 28.0 Å². The predicted molar refractivity (Wildman–Crippen MR) is 104 cm³/mol. The lowest BCUT2D eigenvalue weighted by Gasteiger charge is -2.10. The number of imidazole rings is 1. The molecule has 0 radical (unpaired) electrons. The topological polar surface area (TPSA) is 46.9 Å². The molecule has 1 aromatic heterocycles. The number of aryl methyl sites for hydroxylation is 2. The highest BCUT2D eigenvalue weighted by atomic mass is 35.5. The van der Waals surface area contributed by atoms with E-state index in [-0.39, 0.29) is 16.7 Å². The summed E-state index contributed by atoms with van der Waals surface area (Å²) in [7, 11) is 0. The molecule has 0 aliphatic carbocycles. The molecular formula is C19H17ClFN3OS. The molecule has 134 valence electrons. The number of anilines is 1. The summed E-state index contributed by atoms with van der Waals surface area (Å²) >= 11 is 7.25. The van der Waals surface area contributed by atoms with Crippen LogP contribution < -0.4 is 5.32 Å². The average molecular weight is 390 g/mol. The number of amides is 1. The lowest BCUT2D eigenvalue weighted by molar-refractivity contribution is -0.113. The van der Waals surface area contributed by atoms with Crippen LogP contribution in [0, 0.1) is 19.7 Å². The van der Waals surface area contributed by atoms with Crippen molar-refractivity contribution in [3.05, 3.63) is 70.8 Å². The van der Waals surface area contributed by atoms with Crippen molar-refractivity contribution in [1.82, 2.24) is 9.55 Å². The summed E-state index contributed by atoms with van der Waals surface area (Å²) in [5, 5.41) is 3.57. The van der Waals surface area contributed by atoms with Crippen molar-refractivity contribution in [3.63, 3.8) is 0 Å². The van der Waals surface area contributed by atoms with Gasteiger partial charge in [-0.3, -0.25) is 9.36 Å². The van der Waals surface area contributed by atoms with Crippen molar-refractivity contribution in [2.24, 2.45) is 0 Å². The first kappa shape index (κ1) is 18.5. The molecule has 0 fully saturated rings. The second-order valence-corrected chi connectivity index (χ2v) is 7.24. The Morgan fingerprint density at radius 1 is 1.23 bits per heavy atom. The first-order chi connectivity index (χ1) is 12.4. The Balaban J connectivity index is 1.69. The lowest BCUT2D eigenvalue weighted by Crippen LogP contribution is -2.15. The molecule has 26 heavy (non-hydrogen) atoms. The van der Waals surface area contributed by atoms with E-state index in [1.54, 1.807) is 6.20 Å². The van der Waals surface area contributed by atoms with Gasteiger partial charge in [-0.2, -0.15) is 0 Å². The van der Waals surface area contributed by atoms with Gasteiger partial charge in [0.25, 0.3) is 0 Å². The van der Waals surface area contributed by atoms with E-state index in [9.17, 15) is 9.18 Å². The first-order valence-corrected chi connectivity index (χ1v) is 9.28. The van der Waals surface area contributed by atoms with Crippen LogP contribution in [0.15, 0.2) is 53.9 Å². The molecule has 7 heteroatoms. The molecule has 0 aliphatic heterocycles. The number of thioether (sulfide) groups is 1. The third-order valence-corrected chi connectivity index (χ3v) is 4.91. The van der Waals surface area contributed by atoms with Crippen LogP contribution in [0.1, 0.15) is 11.1 Å². The van der Waals surface area contributed by atoms with Gasteiger partial charge in [0.15, 0.2) is 5.16 Å². The Morgan fingerprint density at radius 3 is 2.65 bits per heavy atom. The van der Waals surface area contributed by atoms with Gasteiger partial charge in [0.05, 0.1) is 16.5 Å². The number of hydrogen-bond donors (Lipinski definition) is 1. The molecule has 0 saturated heterocycles. The van der Waals surface area contributed by atoms with Crippen molar-refractivity contribution >= 4 is 35.0 Å². The molecule has 1 N–H and O–H groups in total. The van der Waals surface area contributed by atoms with Crippen molar-refractivity contribution in [1.29, 1.82) is 0 Å². The molecule has 0 bridgehead atoms. The van der Waals surface area contributed by atoms with Crippen LogP contribution in [0.3, 0.4) is 0 Å². The van der Waals surface area contributed by atoms with Crippen LogP contribution in [0.4, 0.5) is 10.1 Å². The Hall–Kier alpha value is -2.31. The third kappa shape index (κ3) is 4.45. The number of rotatable bonds is 5. The average Bonchev–Trinajstić information content (AvgIpc) is 3.03. The third-order valence-electron chi connectivity index (χ3n) is 3.63. The van der Waals surface area contributed by atoms with E-state index in [1.165, 1.54) is 23.9 Å². The van der Waals surface area contributed by atoms with E-state index in [0.29, 0.717) is 5.69 Å². The Bertz CT molecular complexity index is 937. The van der Waals surface area contributed by atoms with Crippen LogP contribution in [0.5, 0.6) is 0 Å². The van der Waals surface area contributed by atoms with E-state index in [4.69, 9.17) is 11.6 Å². The summed E-state index contributed by atoms with van der Waals surface area (Å²) in [5.41, 5.74) is 3.71. The number of hydrogen-bond acceptors (Lipinski definition) is 3. The lowest BCUT2D eigenvalue weighted by atomic mass is 10.1. The number of nitrogens with one attached hydrogen (secondary N) is 1. The smallest absolute Gasteiger partial charge is 0.234 e. The minimum Gasteiger partial charge on any atom is -0.324 e. The molecule has 0 saturated carbocycles. The molecule has 2 aromatic carbocycles. The number of benzene rings is 2. The van der Waals surface area contributed by atoms with Crippen molar-refractivity contribution in [2.45, 2.75) is 19.0 Å². The molecule has 1 heterocycles. The zero-order valence-electron chi connectivity index (χ0n) is 14.3. The van der Waals surface area contributed by atoms with E-state index in [2.05, 4.69) is 28.5 Å². The van der Waals surface area contributed by atoms with Crippen molar-refractivity contribution in [2.75, 3.05) is 11.1 Å². The van der Waals surface area contributed by atoms with Gasteiger partial charge in [-0.15, -0.1) is 0 Å². The van der Waals surface area contributed by atoms with E-state index in [1.807, 2.05) is 24.6 Å². The Labute approximate surface area is 160 Å². The van der Waals surface area contributed by atoms with E-state index < -0.39 is 5.82 Å². The van der Waals surface area contributed by atoms with E-state index >= 15 is 0 Å². The molecule has 0 unspecified atom stereocenters. The van der Waals surface area contributed by atoms with Crippen LogP contribution in [-0.2, 0) is 4.79 Å². The Kier molecular flexibility index (Phi) is 5.64. The second-order valence-electron chi connectivity index (χ2n) is 5.89. The molecule has 3 aromatic rings. The standard InChI is InChI=1S/C19H17ClFN3OS/c1-12-7-13(2)9-15(8-12)24-6-5-22-19(24)26-11-18(25)23-17-4-3-14(21)10-16(17)20/h3-10H,11H2,1-2H3,(H,23,25). The molecule has 0 aliphatic rings. The van der Waals surface area contributed by atoms with Gasteiger partial charge in [-0.1, -0.05) is 29.4 Å². The fraction of sp³-hybridized carbons (Fsp3) is 0.158. The molecular weight excluding hydrogens is 373 g/mol. The van der Waals surface area contributed by atoms with Crippen LogP contribution in [0.2, 0.25) is 5.02 Å². The van der Waals surface area contributed by atoms with Gasteiger partial charge >= 0.3 is 0 Å². The minimum atomic E-state index is -0.446. The highest BCUT2D eigenvalue weighted by molar-refractivity contribution is 7.99. The number of carbonyl (C=O) groups is 1. The zero-order chi connectivity index (χ0) is 18.7. The fourth-order valence-corrected chi connectivity index (χ4v) is 3.58. The van der Waals surface area contributed by atoms with Gasteiger partial charge < -0.3 is 5.32 Å². The van der Waals surface area contributed by atoms with Gasteiger partial charge in [-0.25, -0.2) is 9.37 Å². The normalized spacial score (nSPS) is 10.8. The maximum Gasteiger partial charge on any atom is 0.234 e. The molecule has 0 atom stereocenters. The highest BCUT2D eigenvalue weighted by Gasteiger charge is 2.11. The number of halogens is 2. The van der Waals surface area contributed by atoms with Crippen LogP contribution in [-0.4, -0.2) is 21.2 Å². The maximum atomic E-state index is 13.1. The van der Waals surface area contributed by atoms with Crippen LogP contribution >= 0.6 is 23.4 Å². The molecule has 4 nitrogen and oxygen atoms in total. The van der Waals surface area contributed by atoms with Crippen molar-refractivity contribution in [3.8, 4) is 5.69 Å². The van der Waals surface area contributed by atoms with Gasteiger partial charge in [0.2, 0.25) is 5.91 Å². The van der Waals surface area contributed by atoms with Crippen LogP contribution in [0.25, 0.3) is 5.69 Å². The fourth-order valence-electron chi connectivity index (χ4n) is 2.59. The monoisotopic (exact) mass is 389 g/mol.